The summed E-state index contributed by atoms with van der Waals surface area (Å²) < 4.78 is 9.97. The van der Waals surface area contributed by atoms with E-state index in [0.717, 1.165) is 33.2 Å². The maximum Gasteiger partial charge on any atom is 0.407 e. The van der Waals surface area contributed by atoms with Crippen LogP contribution in [-0.2, 0) is 29.0 Å². The van der Waals surface area contributed by atoms with Crippen LogP contribution in [0.2, 0.25) is 0 Å². The normalized spacial score (nSPS) is 11.2. The number of hydrogen-bond donors (Lipinski definition) is 4. The summed E-state index contributed by atoms with van der Waals surface area (Å²) >= 11 is 9.87. The highest BCUT2D eigenvalue weighted by Gasteiger charge is 2.02. The van der Waals surface area contributed by atoms with E-state index in [1.165, 1.54) is 36.3 Å². The lowest BCUT2D eigenvalue weighted by Gasteiger charge is -2.06. The van der Waals surface area contributed by atoms with E-state index in [2.05, 4.69) is 20.6 Å². The van der Waals surface area contributed by atoms with Gasteiger partial charge in [0.2, 0.25) is 12.8 Å². The molecule has 0 heterocycles. The number of alkyl carbamates (subject to hydrolysis) is 2. The first-order valence-corrected chi connectivity index (χ1v) is 20.2. The monoisotopic (exact) mass is 728 g/mol. The van der Waals surface area contributed by atoms with Crippen molar-refractivity contribution in [2.24, 2.45) is 9.98 Å². The zero-order valence-corrected chi connectivity index (χ0v) is 29.0. The summed E-state index contributed by atoms with van der Waals surface area (Å²) in [4.78, 5) is 50.5. The number of aliphatic imine (C=N–C) groups is 2. The largest absolute Gasteiger partial charge is 0.449 e. The fourth-order valence-electron chi connectivity index (χ4n) is 2.05. The molecule has 0 aromatic rings. The summed E-state index contributed by atoms with van der Waals surface area (Å²) in [5, 5.41) is 25.1. The smallest absolute Gasteiger partial charge is 0.407 e. The van der Waals surface area contributed by atoms with Gasteiger partial charge in [-0.25, -0.2) is 9.59 Å². The van der Waals surface area contributed by atoms with Gasteiger partial charge in [-0.3, -0.25) is 9.98 Å². The molecule has 0 spiro atoms. The number of amides is 2. The molecule has 0 radical (unpaired) electrons. The van der Waals surface area contributed by atoms with Gasteiger partial charge < -0.3 is 40.1 Å². The number of thioether (sulfide) groups is 6. The number of hydrogen-bond acceptors (Lipinski definition) is 18. The lowest BCUT2D eigenvalue weighted by Crippen LogP contribution is -2.27. The van der Waals surface area contributed by atoms with Crippen LogP contribution in [0, 0.1) is 0 Å². The molecular weight excluding hydrogens is 685 g/mol. The van der Waals surface area contributed by atoms with Crippen molar-refractivity contribution in [3.05, 3.63) is 0 Å². The maximum absolute atomic E-state index is 11.7. The Morgan fingerprint density at radius 3 is 1.77 bits per heavy atom. The Kier molecular flexibility index (Phi) is 37.1. The van der Waals surface area contributed by atoms with Crippen molar-refractivity contribution in [1.82, 2.24) is 10.6 Å². The third kappa shape index (κ3) is 37.5. The Hall–Kier alpha value is -0.580. The second kappa shape index (κ2) is 37.6. The summed E-state index contributed by atoms with van der Waals surface area (Å²) in [6.45, 7) is 2.93. The number of aliphatic hydroxyl groups excluding tert-OH is 2. The highest BCUT2D eigenvalue weighted by molar-refractivity contribution is 8.16. The zero-order valence-electron chi connectivity index (χ0n) is 24.1. The van der Waals surface area contributed by atoms with Gasteiger partial charge in [-0.15, -0.1) is 70.6 Å². The van der Waals surface area contributed by atoms with Crippen LogP contribution in [0.1, 0.15) is 12.8 Å². The molecule has 0 unspecified atom stereocenters. The number of nitrogens with zero attached hydrogens (tertiary/aromatic N) is 2. The van der Waals surface area contributed by atoms with Crippen molar-refractivity contribution in [3.63, 3.8) is 0 Å². The molecule has 0 rings (SSSR count). The fourth-order valence-corrected chi connectivity index (χ4v) is 7.17. The average Bonchev–Trinajstić information content (AvgIpc) is 3.00. The summed E-state index contributed by atoms with van der Waals surface area (Å²) in [7, 11) is 0. The number of carbonyl (C=O) groups excluding carboxylic acids is 2. The predicted molar refractivity (Wildman–Crippen MR) is 183 cm³/mol. The van der Waals surface area contributed by atoms with E-state index in [4.69, 9.17) is 39.2 Å². The van der Waals surface area contributed by atoms with E-state index >= 15 is 0 Å². The molecule has 0 atom stereocenters. The minimum atomic E-state index is -0.456. The predicted octanol–water partition coefficient (Wildman–Crippen LogP) is 3.34. The van der Waals surface area contributed by atoms with E-state index in [-0.39, 0.29) is 25.8 Å². The summed E-state index contributed by atoms with van der Waals surface area (Å²) in [5.41, 5.74) is 0. The van der Waals surface area contributed by atoms with Gasteiger partial charge in [-0.1, -0.05) is 0 Å². The van der Waals surface area contributed by atoms with Crippen LogP contribution in [0.4, 0.5) is 9.59 Å². The molecule has 0 aliphatic heterocycles. The SMILES string of the molecule is O=C(NCCSCSCC/N=C/OOCSCSCOC(=O)NCCSCSCC/N=C/OOCCCO)OCCCO. The van der Waals surface area contributed by atoms with Crippen molar-refractivity contribution in [2.45, 2.75) is 12.8 Å². The molecule has 43 heavy (non-hydrogen) atoms. The number of aliphatic hydroxyl groups is 2. The van der Waals surface area contributed by atoms with E-state index in [1.807, 2.05) is 0 Å². The number of rotatable bonds is 32. The van der Waals surface area contributed by atoms with Crippen molar-refractivity contribution in [2.75, 3.05) is 103 Å². The Labute approximate surface area is 279 Å². The average molecular weight is 729 g/mol. The van der Waals surface area contributed by atoms with Gasteiger partial charge >= 0.3 is 12.2 Å². The first-order chi connectivity index (χ1) is 21.2. The van der Waals surface area contributed by atoms with E-state index in [1.54, 1.807) is 47.0 Å². The second-order valence-corrected chi connectivity index (χ2v) is 14.7. The molecule has 4 N–H and O–H groups in total. The number of carbonyl (C=O) groups is 2. The lowest BCUT2D eigenvalue weighted by molar-refractivity contribution is -0.218. The molecular formula is C23H44N4O10S6. The Balaban J connectivity index is 3.26. The standard InChI is InChI=1S/C23H44N4O10S6/c28-7-1-9-32-22(30)26-5-13-40-19-39-12-4-25-16-36-37-18-43-21-42-17-33-23(31)27-6-14-41-20-38-11-3-24-15-35-34-10-2-8-29/h15-16,28-29H,1-14,17-21H2,(H,26,30)(H,27,31)/b24-15+,25-16+. The van der Waals surface area contributed by atoms with Crippen LogP contribution >= 0.6 is 70.6 Å². The fraction of sp³-hybridized carbons (Fsp3) is 0.826. The second-order valence-electron chi connectivity index (χ2n) is 7.36. The minimum absolute atomic E-state index is 0.00656. The molecule has 0 bridgehead atoms. The van der Waals surface area contributed by atoms with Gasteiger partial charge in [-0.2, -0.15) is 9.78 Å². The van der Waals surface area contributed by atoms with Crippen LogP contribution in [0.5, 0.6) is 0 Å². The molecule has 20 heteroatoms. The van der Waals surface area contributed by atoms with E-state index < -0.39 is 12.2 Å². The van der Waals surface area contributed by atoms with Crippen molar-refractivity contribution >= 4 is 95.6 Å². The summed E-state index contributed by atoms with van der Waals surface area (Å²) in [6, 6.07) is 0. The van der Waals surface area contributed by atoms with Crippen molar-refractivity contribution in [1.29, 1.82) is 0 Å². The molecule has 0 saturated carbocycles. The highest BCUT2D eigenvalue weighted by atomic mass is 32.2. The number of nitrogens with one attached hydrogen (secondary N) is 2. The van der Waals surface area contributed by atoms with Gasteiger partial charge in [-0.05, 0) is 6.42 Å². The molecule has 252 valence electrons. The highest BCUT2D eigenvalue weighted by Crippen LogP contribution is 2.13. The van der Waals surface area contributed by atoms with Gasteiger partial charge in [0.15, 0.2) is 0 Å². The van der Waals surface area contributed by atoms with E-state index in [0.29, 0.717) is 56.7 Å². The number of ether oxygens (including phenoxy) is 2. The molecule has 0 saturated heterocycles. The quantitative estimate of drug-likeness (QED) is 0.0198. The van der Waals surface area contributed by atoms with Crippen LogP contribution in [0.3, 0.4) is 0 Å². The molecule has 0 aliphatic rings. The molecule has 0 aliphatic carbocycles. The van der Waals surface area contributed by atoms with E-state index in [9.17, 15) is 9.59 Å². The van der Waals surface area contributed by atoms with Gasteiger partial charge in [0.1, 0.15) is 11.9 Å². The van der Waals surface area contributed by atoms with Gasteiger partial charge in [0.25, 0.3) is 0 Å². The molecule has 0 aromatic carbocycles. The third-order valence-corrected chi connectivity index (χ3v) is 10.4. The lowest BCUT2D eigenvalue weighted by atomic mass is 10.5. The van der Waals surface area contributed by atoms with Crippen LogP contribution < -0.4 is 10.6 Å². The topological polar surface area (TPSA) is 179 Å². The molecule has 14 nitrogen and oxygen atoms in total. The van der Waals surface area contributed by atoms with Crippen molar-refractivity contribution < 1.29 is 48.8 Å². The first kappa shape index (κ1) is 42.4. The van der Waals surface area contributed by atoms with Crippen LogP contribution in [-0.4, -0.2) is 138 Å². The van der Waals surface area contributed by atoms with Gasteiger partial charge in [0.05, 0.1) is 26.3 Å². The maximum atomic E-state index is 11.7. The molecule has 2 amide bonds. The van der Waals surface area contributed by atoms with Crippen molar-refractivity contribution in [3.8, 4) is 0 Å². The zero-order chi connectivity index (χ0) is 31.3. The van der Waals surface area contributed by atoms with Gasteiger partial charge in [0, 0.05) is 71.0 Å². The molecule has 0 fully saturated rings. The van der Waals surface area contributed by atoms with Crippen LogP contribution in [0.25, 0.3) is 0 Å². The first-order valence-electron chi connectivity index (χ1n) is 13.2. The Morgan fingerprint density at radius 2 is 1.14 bits per heavy atom. The Bertz CT molecular complexity index is 693. The third-order valence-electron chi connectivity index (χ3n) is 3.96. The molecule has 0 aromatic heterocycles. The summed E-state index contributed by atoms with van der Waals surface area (Å²) in [5.74, 6) is 3.87. The van der Waals surface area contributed by atoms with Crippen LogP contribution in [0.15, 0.2) is 9.98 Å². The minimum Gasteiger partial charge on any atom is -0.449 e. The summed E-state index contributed by atoms with van der Waals surface area (Å²) in [6.07, 6.45) is 2.63. The Morgan fingerprint density at radius 1 is 0.628 bits per heavy atom.